The summed E-state index contributed by atoms with van der Waals surface area (Å²) in [6.45, 7) is 5.62. The first-order valence-corrected chi connectivity index (χ1v) is 7.81. The summed E-state index contributed by atoms with van der Waals surface area (Å²) >= 11 is 0. The second-order valence-corrected chi connectivity index (χ2v) is 5.02. The molecule has 124 valence electrons. The van der Waals surface area contributed by atoms with E-state index in [9.17, 15) is 4.79 Å². The SMILES string of the molecule is CCCN(CCC)C(=O)C=Cc1ccc(OCC#N)c(OC)c1. The molecular weight excluding hydrogens is 292 g/mol. The number of nitrogens with zero attached hydrogens (tertiary/aromatic N) is 2. The molecule has 1 aromatic carbocycles. The molecule has 1 aromatic rings. The average molecular weight is 316 g/mol. The summed E-state index contributed by atoms with van der Waals surface area (Å²) in [6, 6.07) is 7.25. The smallest absolute Gasteiger partial charge is 0.246 e. The van der Waals surface area contributed by atoms with Crippen molar-refractivity contribution in [1.29, 1.82) is 5.26 Å². The molecule has 0 heterocycles. The Labute approximate surface area is 138 Å². The van der Waals surface area contributed by atoms with Gasteiger partial charge in [0.2, 0.25) is 5.91 Å². The van der Waals surface area contributed by atoms with E-state index >= 15 is 0 Å². The van der Waals surface area contributed by atoms with Crippen molar-refractivity contribution >= 4 is 12.0 Å². The number of benzene rings is 1. The molecule has 0 N–H and O–H groups in total. The molecule has 23 heavy (non-hydrogen) atoms. The summed E-state index contributed by atoms with van der Waals surface area (Å²) in [7, 11) is 1.54. The van der Waals surface area contributed by atoms with Crippen LogP contribution in [0.4, 0.5) is 0 Å². The number of carbonyl (C=O) groups is 1. The van der Waals surface area contributed by atoms with Crippen LogP contribution in [0.1, 0.15) is 32.3 Å². The first-order chi connectivity index (χ1) is 11.2. The second kappa shape index (κ2) is 10.3. The highest BCUT2D eigenvalue weighted by Gasteiger charge is 2.08. The van der Waals surface area contributed by atoms with E-state index in [-0.39, 0.29) is 12.5 Å². The van der Waals surface area contributed by atoms with Gasteiger partial charge in [-0.2, -0.15) is 5.26 Å². The van der Waals surface area contributed by atoms with Crippen LogP contribution < -0.4 is 9.47 Å². The number of hydrogen-bond acceptors (Lipinski definition) is 4. The minimum absolute atomic E-state index is 0.0115. The highest BCUT2D eigenvalue weighted by Crippen LogP contribution is 2.28. The summed E-state index contributed by atoms with van der Waals surface area (Å²) in [4.78, 5) is 14.1. The zero-order valence-corrected chi connectivity index (χ0v) is 14.0. The van der Waals surface area contributed by atoms with Crippen LogP contribution in [-0.4, -0.2) is 37.6 Å². The van der Waals surface area contributed by atoms with Crippen LogP contribution in [0, 0.1) is 11.3 Å². The van der Waals surface area contributed by atoms with E-state index in [1.807, 2.05) is 17.0 Å². The van der Waals surface area contributed by atoms with Gasteiger partial charge in [-0.3, -0.25) is 4.79 Å². The van der Waals surface area contributed by atoms with Gasteiger partial charge in [0, 0.05) is 19.2 Å². The van der Waals surface area contributed by atoms with Gasteiger partial charge in [0.1, 0.15) is 6.07 Å². The van der Waals surface area contributed by atoms with Crippen molar-refractivity contribution in [2.75, 3.05) is 26.8 Å². The molecule has 0 spiro atoms. The molecular formula is C18H24N2O3. The van der Waals surface area contributed by atoms with Gasteiger partial charge >= 0.3 is 0 Å². The van der Waals surface area contributed by atoms with Crippen LogP contribution in [0.15, 0.2) is 24.3 Å². The molecule has 0 aliphatic carbocycles. The van der Waals surface area contributed by atoms with Crippen LogP contribution in [0.3, 0.4) is 0 Å². The minimum Gasteiger partial charge on any atom is -0.493 e. The fourth-order valence-corrected chi connectivity index (χ4v) is 2.16. The molecule has 0 fully saturated rings. The Morgan fingerprint density at radius 2 is 1.96 bits per heavy atom. The molecule has 0 radical (unpaired) electrons. The van der Waals surface area contributed by atoms with Gasteiger partial charge < -0.3 is 14.4 Å². The van der Waals surface area contributed by atoms with E-state index < -0.39 is 0 Å². The van der Waals surface area contributed by atoms with Crippen molar-refractivity contribution in [1.82, 2.24) is 4.90 Å². The zero-order chi connectivity index (χ0) is 17.1. The second-order valence-electron chi connectivity index (χ2n) is 5.02. The molecule has 5 nitrogen and oxygen atoms in total. The fourth-order valence-electron chi connectivity index (χ4n) is 2.16. The van der Waals surface area contributed by atoms with Crippen molar-refractivity contribution < 1.29 is 14.3 Å². The number of amides is 1. The third kappa shape index (κ3) is 6.03. The Hall–Kier alpha value is -2.48. The third-order valence-corrected chi connectivity index (χ3v) is 3.20. The summed E-state index contributed by atoms with van der Waals surface area (Å²) in [5.74, 6) is 1.06. The summed E-state index contributed by atoms with van der Waals surface area (Å²) in [5, 5.41) is 8.56. The molecule has 0 bridgehead atoms. The first kappa shape index (κ1) is 18.6. The van der Waals surface area contributed by atoms with Gasteiger partial charge in [-0.05, 0) is 36.6 Å². The normalized spacial score (nSPS) is 10.3. The van der Waals surface area contributed by atoms with Crippen molar-refractivity contribution in [2.24, 2.45) is 0 Å². The predicted molar refractivity (Wildman–Crippen MR) is 90.3 cm³/mol. The van der Waals surface area contributed by atoms with Crippen LogP contribution in [0.25, 0.3) is 6.08 Å². The monoisotopic (exact) mass is 316 g/mol. The van der Waals surface area contributed by atoms with Crippen molar-refractivity contribution in [3.05, 3.63) is 29.8 Å². The van der Waals surface area contributed by atoms with Gasteiger partial charge in [0.25, 0.3) is 0 Å². The van der Waals surface area contributed by atoms with Gasteiger partial charge in [-0.25, -0.2) is 0 Å². The maximum Gasteiger partial charge on any atom is 0.246 e. The molecule has 5 heteroatoms. The fraction of sp³-hybridized carbons (Fsp3) is 0.444. The van der Waals surface area contributed by atoms with Gasteiger partial charge in [0.15, 0.2) is 18.1 Å². The van der Waals surface area contributed by atoms with Gasteiger partial charge in [-0.15, -0.1) is 0 Å². The van der Waals surface area contributed by atoms with Gasteiger partial charge in [-0.1, -0.05) is 19.9 Å². The number of methoxy groups -OCH3 is 1. The Kier molecular flexibility index (Phi) is 8.30. The molecule has 0 aliphatic rings. The van der Waals surface area contributed by atoms with E-state index in [1.54, 1.807) is 24.3 Å². The maximum atomic E-state index is 12.2. The van der Waals surface area contributed by atoms with Crippen LogP contribution in [0.5, 0.6) is 11.5 Å². The van der Waals surface area contributed by atoms with E-state index in [4.69, 9.17) is 14.7 Å². The number of nitriles is 1. The van der Waals surface area contributed by atoms with E-state index in [2.05, 4.69) is 13.8 Å². The molecule has 0 atom stereocenters. The Morgan fingerprint density at radius 1 is 1.26 bits per heavy atom. The van der Waals surface area contributed by atoms with Crippen molar-refractivity contribution in [3.8, 4) is 17.6 Å². The molecule has 1 rings (SSSR count). The molecule has 0 saturated carbocycles. The Balaban J connectivity index is 2.83. The highest BCUT2D eigenvalue weighted by atomic mass is 16.5. The number of ether oxygens (including phenoxy) is 2. The van der Waals surface area contributed by atoms with E-state index in [1.165, 1.54) is 7.11 Å². The lowest BCUT2D eigenvalue weighted by molar-refractivity contribution is -0.126. The zero-order valence-electron chi connectivity index (χ0n) is 14.0. The first-order valence-electron chi connectivity index (χ1n) is 7.81. The maximum absolute atomic E-state index is 12.2. The lowest BCUT2D eigenvalue weighted by Crippen LogP contribution is -2.30. The Morgan fingerprint density at radius 3 is 2.52 bits per heavy atom. The van der Waals surface area contributed by atoms with E-state index in [0.29, 0.717) is 11.5 Å². The standard InChI is InChI=1S/C18H24N2O3/c1-4-11-20(12-5-2)18(21)9-7-15-6-8-16(23-13-10-19)17(14-15)22-3/h6-9,14H,4-5,11-13H2,1-3H3. The summed E-state index contributed by atoms with van der Waals surface area (Å²) in [5.41, 5.74) is 0.840. The molecule has 0 saturated heterocycles. The van der Waals surface area contributed by atoms with Crippen molar-refractivity contribution in [3.63, 3.8) is 0 Å². The van der Waals surface area contributed by atoms with Crippen LogP contribution in [0.2, 0.25) is 0 Å². The predicted octanol–water partition coefficient (Wildman–Crippen LogP) is 3.26. The average Bonchev–Trinajstić information content (AvgIpc) is 2.57. The molecule has 0 aromatic heterocycles. The van der Waals surface area contributed by atoms with Gasteiger partial charge in [0.05, 0.1) is 7.11 Å². The van der Waals surface area contributed by atoms with Crippen LogP contribution in [-0.2, 0) is 4.79 Å². The topological polar surface area (TPSA) is 62.6 Å². The summed E-state index contributed by atoms with van der Waals surface area (Å²) < 4.78 is 10.5. The molecule has 0 aliphatic heterocycles. The third-order valence-electron chi connectivity index (χ3n) is 3.20. The van der Waals surface area contributed by atoms with Crippen molar-refractivity contribution in [2.45, 2.75) is 26.7 Å². The van der Waals surface area contributed by atoms with E-state index in [0.717, 1.165) is 31.5 Å². The minimum atomic E-state index is -0.0347. The lowest BCUT2D eigenvalue weighted by Gasteiger charge is -2.19. The summed E-state index contributed by atoms with van der Waals surface area (Å²) in [6.07, 6.45) is 5.23. The molecule has 1 amide bonds. The number of rotatable bonds is 9. The lowest BCUT2D eigenvalue weighted by atomic mass is 10.2. The number of hydrogen-bond donors (Lipinski definition) is 0. The van der Waals surface area contributed by atoms with Crippen LogP contribution >= 0.6 is 0 Å². The Bertz CT molecular complexity index is 570. The largest absolute Gasteiger partial charge is 0.493 e. The highest BCUT2D eigenvalue weighted by molar-refractivity contribution is 5.91. The number of carbonyl (C=O) groups excluding carboxylic acids is 1. The quantitative estimate of drug-likeness (QED) is 0.656. The molecule has 0 unspecified atom stereocenters.